The van der Waals surface area contributed by atoms with E-state index in [0.29, 0.717) is 19.8 Å². The number of ether oxygens (including phenoxy) is 1. The molecule has 1 saturated carbocycles. The van der Waals surface area contributed by atoms with Crippen molar-refractivity contribution in [1.29, 1.82) is 0 Å². The fourth-order valence-electron chi connectivity index (χ4n) is 2.03. The molecule has 1 aliphatic rings. The molecule has 0 bridgehead atoms. The Morgan fingerprint density at radius 3 is 2.69 bits per heavy atom. The minimum atomic E-state index is -0.479. The predicted molar refractivity (Wildman–Crippen MR) is 62.1 cm³/mol. The maximum absolute atomic E-state index is 12.0. The molecule has 1 atom stereocenters. The Kier molecular flexibility index (Phi) is 5.22. The second kappa shape index (κ2) is 6.21. The van der Waals surface area contributed by atoms with Gasteiger partial charge in [0.1, 0.15) is 0 Å². The van der Waals surface area contributed by atoms with Crippen molar-refractivity contribution >= 4 is 5.91 Å². The molecule has 16 heavy (non-hydrogen) atoms. The number of nitrogens with one attached hydrogen (secondary N) is 1. The van der Waals surface area contributed by atoms with Crippen molar-refractivity contribution in [2.24, 2.45) is 5.41 Å². The van der Waals surface area contributed by atoms with E-state index < -0.39 is 6.10 Å². The molecule has 0 aliphatic heterocycles. The van der Waals surface area contributed by atoms with Crippen LogP contribution in [0.4, 0.5) is 0 Å². The van der Waals surface area contributed by atoms with Crippen molar-refractivity contribution in [3.63, 3.8) is 0 Å². The van der Waals surface area contributed by atoms with Crippen LogP contribution in [0, 0.1) is 5.41 Å². The third-order valence-corrected chi connectivity index (χ3v) is 3.28. The van der Waals surface area contributed by atoms with Gasteiger partial charge in [-0.3, -0.25) is 4.79 Å². The van der Waals surface area contributed by atoms with Gasteiger partial charge in [-0.2, -0.15) is 0 Å². The summed E-state index contributed by atoms with van der Waals surface area (Å²) in [6.07, 6.45) is 3.34. The van der Waals surface area contributed by atoms with Gasteiger partial charge in [0, 0.05) is 19.8 Å². The van der Waals surface area contributed by atoms with Crippen molar-refractivity contribution in [3.05, 3.63) is 0 Å². The van der Waals surface area contributed by atoms with Gasteiger partial charge in [-0.15, -0.1) is 0 Å². The van der Waals surface area contributed by atoms with Crippen LogP contribution in [0.15, 0.2) is 0 Å². The third-order valence-electron chi connectivity index (χ3n) is 3.28. The summed E-state index contributed by atoms with van der Waals surface area (Å²) in [5.74, 6) is 0.0827. The van der Waals surface area contributed by atoms with E-state index in [0.717, 1.165) is 25.7 Å². The van der Waals surface area contributed by atoms with E-state index in [1.165, 1.54) is 0 Å². The highest BCUT2D eigenvalue weighted by molar-refractivity contribution is 5.83. The first kappa shape index (κ1) is 13.5. The Morgan fingerprint density at radius 1 is 1.56 bits per heavy atom. The standard InChI is InChI=1S/C12H23NO3/c1-3-16-8-7-12(5-4-6-12)11(15)13-9-10(2)14/h10,14H,3-9H2,1-2H3,(H,13,15). The molecule has 0 radical (unpaired) electrons. The maximum Gasteiger partial charge on any atom is 0.226 e. The van der Waals surface area contributed by atoms with Crippen molar-refractivity contribution in [1.82, 2.24) is 5.32 Å². The molecule has 0 heterocycles. The molecule has 1 fully saturated rings. The van der Waals surface area contributed by atoms with Crippen LogP contribution in [0.3, 0.4) is 0 Å². The Hall–Kier alpha value is -0.610. The van der Waals surface area contributed by atoms with E-state index in [-0.39, 0.29) is 11.3 Å². The summed E-state index contributed by atoms with van der Waals surface area (Å²) >= 11 is 0. The van der Waals surface area contributed by atoms with Crippen molar-refractivity contribution < 1.29 is 14.6 Å². The number of amides is 1. The topological polar surface area (TPSA) is 58.6 Å². The van der Waals surface area contributed by atoms with Gasteiger partial charge in [-0.1, -0.05) is 6.42 Å². The zero-order chi connectivity index (χ0) is 12.0. The fraction of sp³-hybridized carbons (Fsp3) is 0.917. The number of aliphatic hydroxyl groups excluding tert-OH is 1. The van der Waals surface area contributed by atoms with Gasteiger partial charge < -0.3 is 15.2 Å². The lowest BCUT2D eigenvalue weighted by atomic mass is 9.66. The van der Waals surface area contributed by atoms with Crippen molar-refractivity contribution in [3.8, 4) is 0 Å². The lowest BCUT2D eigenvalue weighted by Gasteiger charge is -2.40. The van der Waals surface area contributed by atoms with Gasteiger partial charge in [0.25, 0.3) is 0 Å². The van der Waals surface area contributed by atoms with Gasteiger partial charge in [0.15, 0.2) is 0 Å². The second-order valence-corrected chi connectivity index (χ2v) is 4.64. The molecule has 4 nitrogen and oxygen atoms in total. The normalized spacial score (nSPS) is 19.9. The molecular weight excluding hydrogens is 206 g/mol. The molecule has 0 aromatic rings. The van der Waals surface area contributed by atoms with Crippen molar-refractivity contribution in [2.75, 3.05) is 19.8 Å². The monoisotopic (exact) mass is 229 g/mol. The van der Waals surface area contributed by atoms with E-state index in [4.69, 9.17) is 9.84 Å². The molecule has 0 aromatic heterocycles. The molecule has 1 aliphatic carbocycles. The molecule has 94 valence electrons. The van der Waals surface area contributed by atoms with Gasteiger partial charge in [-0.05, 0) is 33.1 Å². The zero-order valence-corrected chi connectivity index (χ0v) is 10.3. The Bertz CT molecular complexity index is 224. The molecule has 0 spiro atoms. The van der Waals surface area contributed by atoms with Crippen LogP contribution in [0.25, 0.3) is 0 Å². The van der Waals surface area contributed by atoms with Crippen molar-refractivity contribution in [2.45, 2.75) is 45.6 Å². The third kappa shape index (κ3) is 3.46. The quantitative estimate of drug-likeness (QED) is 0.642. The Morgan fingerprint density at radius 2 is 2.25 bits per heavy atom. The van der Waals surface area contributed by atoms with E-state index in [9.17, 15) is 4.79 Å². The lowest BCUT2D eigenvalue weighted by Crippen LogP contribution is -2.47. The zero-order valence-electron chi connectivity index (χ0n) is 10.3. The molecule has 2 N–H and O–H groups in total. The minimum Gasteiger partial charge on any atom is -0.392 e. The van der Waals surface area contributed by atoms with Crippen LogP contribution in [0.5, 0.6) is 0 Å². The molecular formula is C12H23NO3. The Labute approximate surface area is 97.4 Å². The summed E-state index contributed by atoms with van der Waals surface area (Å²) in [4.78, 5) is 12.0. The number of hydrogen-bond donors (Lipinski definition) is 2. The van der Waals surface area contributed by atoms with Crippen LogP contribution in [-0.4, -0.2) is 36.9 Å². The van der Waals surface area contributed by atoms with Crippen LogP contribution in [-0.2, 0) is 9.53 Å². The molecule has 4 heteroatoms. The van der Waals surface area contributed by atoms with Gasteiger partial charge in [0.05, 0.1) is 11.5 Å². The molecule has 0 aromatic carbocycles. The number of carbonyl (C=O) groups is 1. The summed E-state index contributed by atoms with van der Waals surface area (Å²) < 4.78 is 5.31. The number of hydrogen-bond acceptors (Lipinski definition) is 3. The highest BCUT2D eigenvalue weighted by atomic mass is 16.5. The Balaban J connectivity index is 2.36. The van der Waals surface area contributed by atoms with Crippen LogP contribution < -0.4 is 5.32 Å². The first-order valence-corrected chi connectivity index (χ1v) is 6.15. The molecule has 1 amide bonds. The summed E-state index contributed by atoms with van der Waals surface area (Å²) in [7, 11) is 0. The van der Waals surface area contributed by atoms with Gasteiger partial charge in [0.2, 0.25) is 5.91 Å². The van der Waals surface area contributed by atoms with E-state index in [2.05, 4.69) is 5.32 Å². The average Bonchev–Trinajstić information content (AvgIpc) is 2.18. The van der Waals surface area contributed by atoms with Crippen LogP contribution in [0.1, 0.15) is 39.5 Å². The summed E-state index contributed by atoms with van der Waals surface area (Å²) in [5, 5.41) is 11.9. The largest absolute Gasteiger partial charge is 0.392 e. The predicted octanol–water partition coefficient (Wildman–Crippen LogP) is 1.08. The minimum absolute atomic E-state index is 0.0827. The first-order chi connectivity index (χ1) is 7.60. The summed E-state index contributed by atoms with van der Waals surface area (Å²) in [6.45, 7) is 5.33. The van der Waals surface area contributed by atoms with E-state index >= 15 is 0 Å². The summed E-state index contributed by atoms with van der Waals surface area (Å²) in [5.41, 5.74) is -0.218. The lowest BCUT2D eigenvalue weighted by molar-refractivity contribution is -0.138. The fourth-order valence-corrected chi connectivity index (χ4v) is 2.03. The van der Waals surface area contributed by atoms with Crippen LogP contribution in [0.2, 0.25) is 0 Å². The molecule has 1 rings (SSSR count). The van der Waals surface area contributed by atoms with E-state index in [1.54, 1.807) is 6.92 Å². The van der Waals surface area contributed by atoms with Crippen LogP contribution >= 0.6 is 0 Å². The second-order valence-electron chi connectivity index (χ2n) is 4.64. The highest BCUT2D eigenvalue weighted by Gasteiger charge is 2.43. The maximum atomic E-state index is 12.0. The highest BCUT2D eigenvalue weighted by Crippen LogP contribution is 2.44. The molecule has 0 saturated heterocycles. The SMILES string of the molecule is CCOCCC1(C(=O)NCC(C)O)CCC1. The van der Waals surface area contributed by atoms with Gasteiger partial charge in [-0.25, -0.2) is 0 Å². The number of aliphatic hydroxyl groups is 1. The number of rotatable bonds is 7. The smallest absolute Gasteiger partial charge is 0.226 e. The van der Waals surface area contributed by atoms with E-state index in [1.807, 2.05) is 6.92 Å². The summed E-state index contributed by atoms with van der Waals surface area (Å²) in [6, 6.07) is 0. The molecule has 1 unspecified atom stereocenters. The first-order valence-electron chi connectivity index (χ1n) is 6.15. The van der Waals surface area contributed by atoms with Gasteiger partial charge >= 0.3 is 0 Å². The number of carbonyl (C=O) groups excluding carboxylic acids is 1. The average molecular weight is 229 g/mol.